The molecule has 0 unspecified atom stereocenters. The maximum absolute atomic E-state index is 12.9. The van der Waals surface area contributed by atoms with Gasteiger partial charge in [-0.05, 0) is 47.9 Å². The number of H-pyrrole nitrogens is 1. The lowest BCUT2D eigenvalue weighted by molar-refractivity contribution is 0.308. The Morgan fingerprint density at radius 2 is 1.87 bits per heavy atom. The van der Waals surface area contributed by atoms with E-state index in [-0.39, 0.29) is 23.7 Å². The lowest BCUT2D eigenvalue weighted by Gasteiger charge is -2.09. The number of halogens is 1. The van der Waals surface area contributed by atoms with Gasteiger partial charge in [-0.3, -0.25) is 4.79 Å². The van der Waals surface area contributed by atoms with Crippen molar-refractivity contribution in [2.75, 3.05) is 6.61 Å². The van der Waals surface area contributed by atoms with Gasteiger partial charge in [0.1, 0.15) is 23.9 Å². The van der Waals surface area contributed by atoms with Crippen LogP contribution in [-0.4, -0.2) is 22.5 Å². The van der Waals surface area contributed by atoms with Crippen molar-refractivity contribution in [1.82, 2.24) is 4.98 Å². The van der Waals surface area contributed by atoms with Gasteiger partial charge in [0.05, 0.1) is 5.52 Å². The van der Waals surface area contributed by atoms with Gasteiger partial charge in [0.15, 0.2) is 0 Å². The molecule has 0 aliphatic rings. The number of aromatic nitrogens is 1. The van der Waals surface area contributed by atoms with E-state index in [1.807, 2.05) is 6.07 Å². The highest BCUT2D eigenvalue weighted by molar-refractivity contribution is 6.01. The average Bonchev–Trinajstić information content (AvgIpc) is 2.56. The van der Waals surface area contributed by atoms with E-state index in [2.05, 4.69) is 10.1 Å². The fourth-order valence-corrected chi connectivity index (χ4v) is 2.18. The summed E-state index contributed by atoms with van der Waals surface area (Å²) >= 11 is 0. The number of hydrogen-bond acceptors (Lipinski definition) is 4. The summed E-state index contributed by atoms with van der Waals surface area (Å²) in [5.41, 5.74) is 1.28. The molecule has 3 rings (SSSR count). The number of nitrogens with zero attached hydrogens (tertiary/aromatic N) is 1. The Labute approximate surface area is 130 Å². The van der Waals surface area contributed by atoms with Gasteiger partial charge in [-0.15, -0.1) is 0 Å². The molecule has 0 spiro atoms. The minimum absolute atomic E-state index is 0.00467. The van der Waals surface area contributed by atoms with E-state index < -0.39 is 0 Å². The van der Waals surface area contributed by atoms with Crippen LogP contribution in [0.25, 0.3) is 10.9 Å². The molecular weight excluding hydrogens is 299 g/mol. The van der Waals surface area contributed by atoms with E-state index in [1.165, 1.54) is 30.3 Å². The minimum Gasteiger partial charge on any atom is -0.487 e. The molecular formula is C17H13FN2O3. The van der Waals surface area contributed by atoms with Crippen LogP contribution in [0.3, 0.4) is 0 Å². The molecule has 0 aliphatic heterocycles. The Morgan fingerprint density at radius 1 is 1.13 bits per heavy atom. The van der Waals surface area contributed by atoms with Crippen LogP contribution in [0.4, 0.5) is 4.39 Å². The lowest BCUT2D eigenvalue weighted by Crippen LogP contribution is -2.13. The topological polar surface area (TPSA) is 74.7 Å². The molecule has 0 radical (unpaired) electrons. The minimum atomic E-state index is -0.370. The Hall–Kier alpha value is -3.15. The number of benzene rings is 2. The molecule has 0 amide bonds. The second kappa shape index (κ2) is 6.31. The van der Waals surface area contributed by atoms with Crippen LogP contribution >= 0.6 is 0 Å². The highest BCUT2D eigenvalue weighted by Crippen LogP contribution is 2.18. The largest absolute Gasteiger partial charge is 0.487 e. The SMILES string of the molecule is O=c1ccc2ccc(OC/C(=N\O)c3ccc(F)cc3)cc2[nH]1. The van der Waals surface area contributed by atoms with Crippen molar-refractivity contribution in [3.8, 4) is 5.75 Å². The molecule has 1 aromatic heterocycles. The maximum atomic E-state index is 12.9. The summed E-state index contributed by atoms with van der Waals surface area (Å²) in [6.07, 6.45) is 0. The molecule has 0 fully saturated rings. The number of ether oxygens (including phenoxy) is 1. The van der Waals surface area contributed by atoms with Gasteiger partial charge in [0, 0.05) is 17.7 Å². The molecule has 6 heteroatoms. The summed E-state index contributed by atoms with van der Waals surface area (Å²) in [5.74, 6) is 0.146. The molecule has 2 aromatic carbocycles. The van der Waals surface area contributed by atoms with Crippen LogP contribution in [0.2, 0.25) is 0 Å². The van der Waals surface area contributed by atoms with Crippen LogP contribution in [0, 0.1) is 5.82 Å². The molecule has 0 atom stereocenters. The zero-order valence-corrected chi connectivity index (χ0v) is 12.0. The maximum Gasteiger partial charge on any atom is 0.248 e. The highest BCUT2D eigenvalue weighted by Gasteiger charge is 2.07. The third-order valence-corrected chi connectivity index (χ3v) is 3.37. The fourth-order valence-electron chi connectivity index (χ4n) is 2.18. The second-order valence-electron chi connectivity index (χ2n) is 4.91. The summed E-state index contributed by atoms with van der Waals surface area (Å²) in [5, 5.41) is 13.2. The number of pyridine rings is 1. The van der Waals surface area contributed by atoms with E-state index in [0.717, 1.165) is 5.39 Å². The van der Waals surface area contributed by atoms with Crippen molar-refractivity contribution < 1.29 is 14.3 Å². The second-order valence-corrected chi connectivity index (χ2v) is 4.91. The number of oxime groups is 1. The van der Waals surface area contributed by atoms with Crippen molar-refractivity contribution in [1.29, 1.82) is 0 Å². The summed E-state index contributed by atoms with van der Waals surface area (Å²) in [4.78, 5) is 14.1. The molecule has 1 heterocycles. The third-order valence-electron chi connectivity index (χ3n) is 3.37. The van der Waals surface area contributed by atoms with Crippen LogP contribution in [0.15, 0.2) is 64.5 Å². The smallest absolute Gasteiger partial charge is 0.248 e. The quantitative estimate of drug-likeness (QED) is 0.442. The van der Waals surface area contributed by atoms with Crippen molar-refractivity contribution in [2.45, 2.75) is 0 Å². The zero-order chi connectivity index (χ0) is 16.2. The van der Waals surface area contributed by atoms with E-state index in [1.54, 1.807) is 18.2 Å². The van der Waals surface area contributed by atoms with E-state index in [0.29, 0.717) is 16.8 Å². The first-order valence-electron chi connectivity index (χ1n) is 6.88. The Bertz CT molecular complexity index is 917. The molecule has 0 aliphatic carbocycles. The van der Waals surface area contributed by atoms with Crippen molar-refractivity contribution >= 4 is 16.6 Å². The average molecular weight is 312 g/mol. The number of fused-ring (bicyclic) bond motifs is 1. The number of rotatable bonds is 4. The Kier molecular flexibility index (Phi) is 4.05. The fraction of sp³-hybridized carbons (Fsp3) is 0.0588. The van der Waals surface area contributed by atoms with E-state index in [4.69, 9.17) is 9.94 Å². The highest BCUT2D eigenvalue weighted by atomic mass is 19.1. The molecule has 23 heavy (non-hydrogen) atoms. The van der Waals surface area contributed by atoms with Crippen LogP contribution in [0.1, 0.15) is 5.56 Å². The monoisotopic (exact) mass is 312 g/mol. The third kappa shape index (κ3) is 3.37. The summed E-state index contributed by atoms with van der Waals surface area (Å²) < 4.78 is 18.5. The van der Waals surface area contributed by atoms with E-state index in [9.17, 15) is 9.18 Å². The molecule has 116 valence electrons. The number of aromatic amines is 1. The van der Waals surface area contributed by atoms with Gasteiger partial charge in [-0.25, -0.2) is 4.39 Å². The molecule has 0 saturated carbocycles. The zero-order valence-electron chi connectivity index (χ0n) is 12.0. The van der Waals surface area contributed by atoms with Crippen molar-refractivity contribution in [3.05, 3.63) is 76.3 Å². The lowest BCUT2D eigenvalue weighted by atomic mass is 10.1. The molecule has 0 bridgehead atoms. The number of nitrogens with one attached hydrogen (secondary N) is 1. The Balaban J connectivity index is 1.79. The first-order chi connectivity index (χ1) is 11.2. The first-order valence-corrected chi connectivity index (χ1v) is 6.88. The summed E-state index contributed by atoms with van der Waals surface area (Å²) in [6.45, 7) is 0.00467. The molecule has 5 nitrogen and oxygen atoms in total. The van der Waals surface area contributed by atoms with Crippen LogP contribution < -0.4 is 10.3 Å². The van der Waals surface area contributed by atoms with Gasteiger partial charge in [-0.1, -0.05) is 5.16 Å². The van der Waals surface area contributed by atoms with E-state index >= 15 is 0 Å². The van der Waals surface area contributed by atoms with Crippen LogP contribution in [-0.2, 0) is 0 Å². The van der Waals surface area contributed by atoms with Gasteiger partial charge in [0.25, 0.3) is 0 Å². The Morgan fingerprint density at radius 3 is 2.61 bits per heavy atom. The molecule has 2 N–H and O–H groups in total. The van der Waals surface area contributed by atoms with Gasteiger partial charge < -0.3 is 14.9 Å². The van der Waals surface area contributed by atoms with Gasteiger partial charge in [0.2, 0.25) is 5.56 Å². The molecule has 3 aromatic rings. The predicted molar refractivity (Wildman–Crippen MR) is 84.8 cm³/mol. The first kappa shape index (κ1) is 14.8. The summed E-state index contributed by atoms with van der Waals surface area (Å²) in [6, 6.07) is 14.0. The standard InChI is InChI=1S/C17H13FN2O3/c18-13-5-1-12(2-6-13)16(20-22)10-23-14-7-3-11-4-8-17(21)19-15(11)9-14/h1-9,22H,10H2,(H,19,21)/b20-16+. The van der Waals surface area contributed by atoms with Crippen LogP contribution in [0.5, 0.6) is 5.75 Å². The van der Waals surface area contributed by atoms with Gasteiger partial charge >= 0.3 is 0 Å². The summed E-state index contributed by atoms with van der Waals surface area (Å²) in [7, 11) is 0. The van der Waals surface area contributed by atoms with Gasteiger partial charge in [-0.2, -0.15) is 0 Å². The van der Waals surface area contributed by atoms with Crippen molar-refractivity contribution in [3.63, 3.8) is 0 Å². The number of hydrogen-bond donors (Lipinski definition) is 2. The predicted octanol–water partition coefficient (Wildman–Crippen LogP) is 2.92. The molecule has 0 saturated heterocycles. The van der Waals surface area contributed by atoms with Crippen molar-refractivity contribution in [2.24, 2.45) is 5.16 Å². The normalized spacial score (nSPS) is 11.6.